The number of nitrogens with zero attached hydrogens (tertiary/aromatic N) is 3. The van der Waals surface area contributed by atoms with Crippen LogP contribution in [0.2, 0.25) is 5.02 Å². The average Bonchev–Trinajstić information content (AvgIpc) is 2.62. The Hall–Kier alpha value is -2.34. The van der Waals surface area contributed by atoms with E-state index in [0.717, 1.165) is 5.82 Å². The van der Waals surface area contributed by atoms with Crippen LogP contribution in [0.1, 0.15) is 35.8 Å². The van der Waals surface area contributed by atoms with Crippen molar-refractivity contribution in [3.63, 3.8) is 0 Å². The van der Waals surface area contributed by atoms with Gasteiger partial charge < -0.3 is 14.8 Å². The molecule has 2 aromatic heterocycles. The number of pyridine rings is 2. The van der Waals surface area contributed by atoms with E-state index in [9.17, 15) is 9.59 Å². The van der Waals surface area contributed by atoms with Gasteiger partial charge in [-0.1, -0.05) is 25.4 Å². The van der Waals surface area contributed by atoms with Gasteiger partial charge in [-0.15, -0.1) is 0 Å². The molecule has 6 nitrogen and oxygen atoms in total. The van der Waals surface area contributed by atoms with E-state index in [2.05, 4.69) is 14.9 Å². The molecule has 0 radical (unpaired) electrons. The molecule has 25 heavy (non-hydrogen) atoms. The Morgan fingerprint density at radius 2 is 1.88 bits per heavy atom. The van der Waals surface area contributed by atoms with E-state index < -0.39 is 0 Å². The smallest absolute Gasteiger partial charge is 0.255 e. The second kappa shape index (κ2) is 7.27. The van der Waals surface area contributed by atoms with Crippen molar-refractivity contribution in [3.05, 3.63) is 57.1 Å². The minimum atomic E-state index is -0.182. The van der Waals surface area contributed by atoms with Crippen LogP contribution >= 0.6 is 11.6 Å². The lowest BCUT2D eigenvalue weighted by atomic mass is 10.0. The zero-order valence-corrected chi connectivity index (χ0v) is 15.1. The molecular weight excluding hydrogens is 340 g/mol. The highest BCUT2D eigenvalue weighted by Crippen LogP contribution is 2.20. The number of halogens is 1. The maximum Gasteiger partial charge on any atom is 0.255 e. The fourth-order valence-corrected chi connectivity index (χ4v) is 3.11. The monoisotopic (exact) mass is 360 g/mol. The van der Waals surface area contributed by atoms with Crippen LogP contribution in [0.15, 0.2) is 35.3 Å². The topological polar surface area (TPSA) is 69.3 Å². The van der Waals surface area contributed by atoms with Crippen molar-refractivity contribution >= 4 is 23.3 Å². The van der Waals surface area contributed by atoms with E-state index in [-0.39, 0.29) is 17.4 Å². The maximum absolute atomic E-state index is 12.9. The van der Waals surface area contributed by atoms with Gasteiger partial charge >= 0.3 is 0 Å². The van der Waals surface area contributed by atoms with E-state index in [0.29, 0.717) is 42.5 Å². The number of amides is 1. The summed E-state index contributed by atoms with van der Waals surface area (Å²) in [6.45, 7) is 6.57. The fraction of sp³-hybridized carbons (Fsp3) is 0.389. The van der Waals surface area contributed by atoms with Crippen molar-refractivity contribution in [1.82, 2.24) is 14.9 Å². The molecule has 0 spiro atoms. The molecule has 1 aliphatic heterocycles. The van der Waals surface area contributed by atoms with Gasteiger partial charge in [0.15, 0.2) is 0 Å². The van der Waals surface area contributed by atoms with Gasteiger partial charge in [0.2, 0.25) is 5.56 Å². The van der Waals surface area contributed by atoms with E-state index >= 15 is 0 Å². The molecule has 1 amide bonds. The van der Waals surface area contributed by atoms with E-state index in [1.165, 1.54) is 6.07 Å². The van der Waals surface area contributed by atoms with Crippen LogP contribution in [0.4, 0.5) is 5.82 Å². The first-order valence-corrected chi connectivity index (χ1v) is 8.72. The number of aromatic amines is 1. The molecule has 3 rings (SSSR count). The second-order valence-electron chi connectivity index (χ2n) is 6.42. The van der Waals surface area contributed by atoms with Crippen LogP contribution in [-0.2, 0) is 0 Å². The van der Waals surface area contributed by atoms with Crippen molar-refractivity contribution in [2.45, 2.75) is 19.8 Å². The summed E-state index contributed by atoms with van der Waals surface area (Å²) in [7, 11) is 0. The fourth-order valence-electron chi connectivity index (χ4n) is 3.00. The lowest BCUT2D eigenvalue weighted by molar-refractivity contribution is 0.0744. The van der Waals surface area contributed by atoms with Crippen molar-refractivity contribution in [2.75, 3.05) is 31.1 Å². The van der Waals surface area contributed by atoms with Gasteiger partial charge in [-0.2, -0.15) is 0 Å². The number of hydrogen-bond donors (Lipinski definition) is 1. The molecule has 1 aliphatic rings. The maximum atomic E-state index is 12.9. The molecule has 1 saturated heterocycles. The van der Waals surface area contributed by atoms with Gasteiger partial charge in [0.1, 0.15) is 5.82 Å². The van der Waals surface area contributed by atoms with Crippen LogP contribution in [0.25, 0.3) is 0 Å². The molecule has 7 heteroatoms. The summed E-state index contributed by atoms with van der Waals surface area (Å²) in [5, 5.41) is 0.608. The Morgan fingerprint density at radius 3 is 2.48 bits per heavy atom. The minimum absolute atomic E-state index is 0.0383. The van der Waals surface area contributed by atoms with Crippen molar-refractivity contribution in [1.29, 1.82) is 0 Å². The number of anilines is 1. The molecule has 0 bridgehead atoms. The normalized spacial score (nSPS) is 14.9. The van der Waals surface area contributed by atoms with Gasteiger partial charge in [-0.3, -0.25) is 9.59 Å². The van der Waals surface area contributed by atoms with Crippen LogP contribution in [0.5, 0.6) is 0 Å². The Balaban J connectivity index is 1.72. The number of carbonyl (C=O) groups excluding carboxylic acids is 1. The molecule has 1 N–H and O–H groups in total. The molecule has 0 aromatic carbocycles. The number of H-pyrrole nitrogens is 1. The molecule has 0 unspecified atom stereocenters. The second-order valence-corrected chi connectivity index (χ2v) is 6.85. The van der Waals surface area contributed by atoms with Crippen LogP contribution in [-0.4, -0.2) is 47.0 Å². The molecule has 1 fully saturated rings. The quantitative estimate of drug-likeness (QED) is 0.913. The highest BCUT2D eigenvalue weighted by Gasteiger charge is 2.25. The number of rotatable bonds is 3. The Kier molecular flexibility index (Phi) is 5.08. The molecule has 3 heterocycles. The number of carbonyl (C=O) groups is 1. The zero-order chi connectivity index (χ0) is 18.0. The first kappa shape index (κ1) is 17.5. The third kappa shape index (κ3) is 3.85. The summed E-state index contributed by atoms with van der Waals surface area (Å²) in [5.74, 6) is 0.902. The Morgan fingerprint density at radius 1 is 1.16 bits per heavy atom. The van der Waals surface area contributed by atoms with Crippen molar-refractivity contribution in [3.8, 4) is 0 Å². The van der Waals surface area contributed by atoms with E-state index in [1.54, 1.807) is 12.3 Å². The first-order valence-electron chi connectivity index (χ1n) is 8.34. The number of aromatic nitrogens is 2. The summed E-state index contributed by atoms with van der Waals surface area (Å²) in [6.07, 6.45) is 1.63. The molecular formula is C18H21ClN4O2. The van der Waals surface area contributed by atoms with Gasteiger partial charge in [0.05, 0.1) is 10.6 Å². The first-order chi connectivity index (χ1) is 12.0. The summed E-state index contributed by atoms with van der Waals surface area (Å²) in [4.78, 5) is 35.5. The largest absolute Gasteiger partial charge is 0.353 e. The van der Waals surface area contributed by atoms with Crippen LogP contribution in [0.3, 0.4) is 0 Å². The Bertz CT molecular complexity index is 809. The Labute approximate surface area is 151 Å². The SMILES string of the molecule is CC(C)c1[nH]c(=O)ccc1C(=O)N1CCN(c2ccc(Cl)cn2)CC1. The minimum Gasteiger partial charge on any atom is -0.353 e. The number of piperazine rings is 1. The third-order valence-corrected chi connectivity index (χ3v) is 4.58. The van der Waals surface area contributed by atoms with Gasteiger partial charge in [0, 0.05) is 44.1 Å². The third-order valence-electron chi connectivity index (χ3n) is 4.36. The van der Waals surface area contributed by atoms with E-state index in [1.807, 2.05) is 30.9 Å². The highest BCUT2D eigenvalue weighted by molar-refractivity contribution is 6.30. The average molecular weight is 361 g/mol. The molecule has 2 aromatic rings. The molecule has 132 valence electrons. The summed E-state index contributed by atoms with van der Waals surface area (Å²) < 4.78 is 0. The molecule has 0 saturated carbocycles. The zero-order valence-electron chi connectivity index (χ0n) is 14.3. The van der Waals surface area contributed by atoms with Crippen LogP contribution < -0.4 is 10.5 Å². The van der Waals surface area contributed by atoms with Gasteiger partial charge in [-0.05, 0) is 24.1 Å². The van der Waals surface area contributed by atoms with Gasteiger partial charge in [0.25, 0.3) is 5.91 Å². The van der Waals surface area contributed by atoms with Crippen molar-refractivity contribution in [2.24, 2.45) is 0 Å². The standard InChI is InChI=1S/C18H21ClN4O2/c1-12(2)17-14(4-6-16(24)21-17)18(25)23-9-7-22(8-10-23)15-5-3-13(19)11-20-15/h3-6,11-12H,7-10H2,1-2H3,(H,21,24). The van der Waals surface area contributed by atoms with Gasteiger partial charge in [-0.25, -0.2) is 4.98 Å². The molecule has 0 atom stereocenters. The summed E-state index contributed by atoms with van der Waals surface area (Å²) in [5.41, 5.74) is 1.09. The lowest BCUT2D eigenvalue weighted by Gasteiger charge is -2.35. The van der Waals surface area contributed by atoms with E-state index in [4.69, 9.17) is 11.6 Å². The predicted octanol–water partition coefficient (Wildman–Crippen LogP) is 2.51. The summed E-state index contributed by atoms with van der Waals surface area (Å²) >= 11 is 5.88. The van der Waals surface area contributed by atoms with Crippen LogP contribution in [0, 0.1) is 0 Å². The highest BCUT2D eigenvalue weighted by atomic mass is 35.5. The number of nitrogens with one attached hydrogen (secondary N) is 1. The lowest BCUT2D eigenvalue weighted by Crippen LogP contribution is -2.49. The predicted molar refractivity (Wildman–Crippen MR) is 98.5 cm³/mol. The number of hydrogen-bond acceptors (Lipinski definition) is 4. The summed E-state index contributed by atoms with van der Waals surface area (Å²) in [6, 6.07) is 6.74. The van der Waals surface area contributed by atoms with Crippen molar-refractivity contribution < 1.29 is 4.79 Å². The molecule has 0 aliphatic carbocycles.